The van der Waals surface area contributed by atoms with Crippen LogP contribution in [0.2, 0.25) is 0 Å². The molecule has 2 atom stereocenters. The summed E-state index contributed by atoms with van der Waals surface area (Å²) in [5.74, 6) is 0. The van der Waals surface area contributed by atoms with Gasteiger partial charge in [0.1, 0.15) is 0 Å². The fourth-order valence-electron chi connectivity index (χ4n) is 3.52. The molecule has 0 aliphatic carbocycles. The second-order valence-electron chi connectivity index (χ2n) is 6.82. The zero-order valence-electron chi connectivity index (χ0n) is 11.9. The second-order valence-corrected chi connectivity index (χ2v) is 6.82. The molecular weight excluding hydrogens is 212 g/mol. The van der Waals surface area contributed by atoms with Gasteiger partial charge in [-0.15, -0.1) is 0 Å². The minimum Gasteiger partial charge on any atom is -0.372 e. The van der Waals surface area contributed by atoms with E-state index >= 15 is 0 Å². The van der Waals surface area contributed by atoms with Crippen molar-refractivity contribution in [1.29, 1.82) is 0 Å². The number of nitrogens with zero attached hydrogens (tertiary/aromatic N) is 1. The summed E-state index contributed by atoms with van der Waals surface area (Å²) in [4.78, 5) is 2.44. The molecule has 3 nitrogen and oxygen atoms in total. The van der Waals surface area contributed by atoms with Crippen molar-refractivity contribution in [3.63, 3.8) is 0 Å². The first kappa shape index (κ1) is 13.3. The van der Waals surface area contributed by atoms with E-state index in [9.17, 15) is 0 Å². The van der Waals surface area contributed by atoms with Crippen molar-refractivity contribution in [3.05, 3.63) is 0 Å². The Morgan fingerprint density at radius 3 is 2.71 bits per heavy atom. The molecule has 17 heavy (non-hydrogen) atoms. The van der Waals surface area contributed by atoms with Gasteiger partial charge in [0.05, 0.1) is 12.2 Å². The van der Waals surface area contributed by atoms with Crippen molar-refractivity contribution in [1.82, 2.24) is 10.2 Å². The molecule has 0 radical (unpaired) electrons. The molecule has 0 aromatic rings. The third kappa shape index (κ3) is 2.83. The molecule has 100 valence electrons. The summed E-state index contributed by atoms with van der Waals surface area (Å²) < 4.78 is 6.28. The topological polar surface area (TPSA) is 24.5 Å². The highest BCUT2D eigenvalue weighted by atomic mass is 16.5. The van der Waals surface area contributed by atoms with Crippen molar-refractivity contribution in [2.75, 3.05) is 33.3 Å². The first-order valence-electron chi connectivity index (χ1n) is 7.00. The number of ether oxygens (including phenoxy) is 1. The van der Waals surface area contributed by atoms with E-state index in [1.54, 1.807) is 0 Å². The maximum Gasteiger partial charge on any atom is 0.0853 e. The van der Waals surface area contributed by atoms with Crippen LogP contribution in [0.3, 0.4) is 0 Å². The highest BCUT2D eigenvalue weighted by Gasteiger charge is 2.47. The van der Waals surface area contributed by atoms with Gasteiger partial charge in [-0.2, -0.15) is 0 Å². The molecule has 2 aliphatic heterocycles. The standard InChI is InChI=1S/C14H28N2O/c1-13(2,3)12-14(17-11-8-15-12)6-5-9-16(4)10-7-14/h12,15H,5-11H2,1-4H3. The van der Waals surface area contributed by atoms with E-state index in [1.807, 2.05) is 0 Å². The third-order valence-corrected chi connectivity index (χ3v) is 4.29. The minimum atomic E-state index is 0.0707. The van der Waals surface area contributed by atoms with Crippen LogP contribution in [0.5, 0.6) is 0 Å². The van der Waals surface area contributed by atoms with Crippen molar-refractivity contribution in [3.8, 4) is 0 Å². The molecule has 0 bridgehead atoms. The summed E-state index contributed by atoms with van der Waals surface area (Å²) in [5.41, 5.74) is 0.338. The summed E-state index contributed by atoms with van der Waals surface area (Å²) in [5, 5.41) is 3.72. The molecule has 2 saturated heterocycles. The average molecular weight is 240 g/mol. The lowest BCUT2D eigenvalue weighted by molar-refractivity contribution is -0.129. The lowest BCUT2D eigenvalue weighted by Crippen LogP contribution is -2.63. The number of nitrogens with one attached hydrogen (secondary N) is 1. The van der Waals surface area contributed by atoms with Crippen LogP contribution in [0.1, 0.15) is 40.0 Å². The SMILES string of the molecule is CN1CCCC2(CC1)OCCNC2C(C)(C)C. The van der Waals surface area contributed by atoms with Crippen LogP contribution in [0.4, 0.5) is 0 Å². The van der Waals surface area contributed by atoms with E-state index in [1.165, 1.54) is 25.8 Å². The van der Waals surface area contributed by atoms with E-state index in [4.69, 9.17) is 4.74 Å². The van der Waals surface area contributed by atoms with E-state index in [0.29, 0.717) is 6.04 Å². The van der Waals surface area contributed by atoms with E-state index in [0.717, 1.165) is 19.7 Å². The molecule has 0 aromatic heterocycles. The van der Waals surface area contributed by atoms with Gasteiger partial charge in [0.25, 0.3) is 0 Å². The summed E-state index contributed by atoms with van der Waals surface area (Å²) >= 11 is 0. The fraction of sp³-hybridized carbons (Fsp3) is 1.00. The zero-order valence-corrected chi connectivity index (χ0v) is 11.9. The Morgan fingerprint density at radius 1 is 1.24 bits per heavy atom. The van der Waals surface area contributed by atoms with Crippen molar-refractivity contribution in [2.24, 2.45) is 5.41 Å². The summed E-state index contributed by atoms with van der Waals surface area (Å²) in [7, 11) is 2.22. The molecule has 0 amide bonds. The van der Waals surface area contributed by atoms with Gasteiger partial charge in [-0.05, 0) is 38.3 Å². The monoisotopic (exact) mass is 240 g/mol. The van der Waals surface area contributed by atoms with Crippen LogP contribution in [0.25, 0.3) is 0 Å². The predicted molar refractivity (Wildman–Crippen MR) is 71.3 cm³/mol. The summed E-state index contributed by atoms with van der Waals surface area (Å²) in [6.45, 7) is 11.2. The first-order valence-corrected chi connectivity index (χ1v) is 7.00. The smallest absolute Gasteiger partial charge is 0.0853 e. The van der Waals surface area contributed by atoms with E-state index < -0.39 is 0 Å². The molecule has 2 heterocycles. The molecule has 0 aromatic carbocycles. The Balaban J connectivity index is 2.18. The normalized spacial score (nSPS) is 37.1. The Kier molecular flexibility index (Phi) is 3.81. The Morgan fingerprint density at radius 2 is 2.00 bits per heavy atom. The number of hydrogen-bond donors (Lipinski definition) is 1. The third-order valence-electron chi connectivity index (χ3n) is 4.29. The van der Waals surface area contributed by atoms with Crippen molar-refractivity contribution in [2.45, 2.75) is 51.7 Å². The molecule has 3 heteroatoms. The zero-order chi connectivity index (χ0) is 12.5. The molecule has 2 rings (SSSR count). The highest BCUT2D eigenvalue weighted by molar-refractivity contribution is 5.02. The summed E-state index contributed by atoms with van der Waals surface area (Å²) in [6.07, 6.45) is 3.62. The maximum absolute atomic E-state index is 6.28. The van der Waals surface area contributed by atoms with Crippen LogP contribution in [0.15, 0.2) is 0 Å². The lowest BCUT2D eigenvalue weighted by Gasteiger charge is -2.50. The van der Waals surface area contributed by atoms with E-state index in [2.05, 4.69) is 38.0 Å². The molecular formula is C14H28N2O. The quantitative estimate of drug-likeness (QED) is 0.699. The van der Waals surface area contributed by atoms with Gasteiger partial charge in [0, 0.05) is 19.1 Å². The maximum atomic E-state index is 6.28. The van der Waals surface area contributed by atoms with Gasteiger partial charge in [0.2, 0.25) is 0 Å². The van der Waals surface area contributed by atoms with Gasteiger partial charge in [-0.3, -0.25) is 0 Å². The number of likely N-dealkylation sites (tertiary alicyclic amines) is 1. The number of rotatable bonds is 0. The molecule has 1 N–H and O–H groups in total. The van der Waals surface area contributed by atoms with Crippen LogP contribution in [-0.2, 0) is 4.74 Å². The molecule has 2 aliphatic rings. The molecule has 2 fully saturated rings. The van der Waals surface area contributed by atoms with Gasteiger partial charge < -0.3 is 15.0 Å². The van der Waals surface area contributed by atoms with Gasteiger partial charge in [0.15, 0.2) is 0 Å². The van der Waals surface area contributed by atoms with Crippen molar-refractivity contribution >= 4 is 0 Å². The average Bonchev–Trinajstić information content (AvgIpc) is 2.41. The van der Waals surface area contributed by atoms with Crippen LogP contribution >= 0.6 is 0 Å². The van der Waals surface area contributed by atoms with Crippen LogP contribution in [-0.4, -0.2) is 49.8 Å². The molecule has 1 spiro atoms. The minimum absolute atomic E-state index is 0.0707. The Hall–Kier alpha value is -0.120. The molecule has 2 unspecified atom stereocenters. The Bertz CT molecular complexity index is 261. The van der Waals surface area contributed by atoms with Gasteiger partial charge in [-0.1, -0.05) is 20.8 Å². The second kappa shape index (κ2) is 4.87. The van der Waals surface area contributed by atoms with Crippen molar-refractivity contribution < 1.29 is 4.74 Å². The number of hydrogen-bond acceptors (Lipinski definition) is 3. The van der Waals surface area contributed by atoms with Crippen LogP contribution < -0.4 is 5.32 Å². The van der Waals surface area contributed by atoms with Crippen LogP contribution in [0, 0.1) is 5.41 Å². The van der Waals surface area contributed by atoms with Gasteiger partial charge >= 0.3 is 0 Å². The molecule has 0 saturated carbocycles. The fourth-order valence-corrected chi connectivity index (χ4v) is 3.52. The Labute approximate surface area is 106 Å². The largest absolute Gasteiger partial charge is 0.372 e. The van der Waals surface area contributed by atoms with E-state index in [-0.39, 0.29) is 11.0 Å². The number of morpholine rings is 1. The summed E-state index contributed by atoms with van der Waals surface area (Å²) in [6, 6.07) is 0.482. The van der Waals surface area contributed by atoms with Gasteiger partial charge in [-0.25, -0.2) is 0 Å². The lowest BCUT2D eigenvalue weighted by atomic mass is 9.72. The highest BCUT2D eigenvalue weighted by Crippen LogP contribution is 2.39. The first-order chi connectivity index (χ1) is 7.94. The predicted octanol–water partition coefficient (Wildman–Crippen LogP) is 1.88.